The molecule has 28 heavy (non-hydrogen) atoms. The number of carbonyl (C=O) groups is 1. The first kappa shape index (κ1) is 19.9. The summed E-state index contributed by atoms with van der Waals surface area (Å²) in [5.74, 6) is 1.58. The summed E-state index contributed by atoms with van der Waals surface area (Å²) in [7, 11) is 0. The molecule has 1 N–H and O–H groups in total. The molecule has 1 aliphatic rings. The van der Waals surface area contributed by atoms with Gasteiger partial charge in [0.15, 0.2) is 0 Å². The number of aromatic nitrogens is 2. The number of hydrogen-bond acceptors (Lipinski definition) is 5. The van der Waals surface area contributed by atoms with Crippen LogP contribution in [0.2, 0.25) is 0 Å². The first-order valence-corrected chi connectivity index (χ1v) is 9.48. The molecule has 0 saturated carbocycles. The summed E-state index contributed by atoms with van der Waals surface area (Å²) in [6.07, 6.45) is 4.06. The predicted molar refractivity (Wildman–Crippen MR) is 106 cm³/mol. The van der Waals surface area contributed by atoms with Gasteiger partial charge in [-0.2, -0.15) is 4.98 Å². The lowest BCUT2D eigenvalue weighted by Crippen LogP contribution is -2.13. The Hall–Kier alpha value is -2.86. The van der Waals surface area contributed by atoms with Gasteiger partial charge in [0.25, 0.3) is 0 Å². The van der Waals surface area contributed by atoms with Crippen molar-refractivity contribution in [2.75, 3.05) is 13.1 Å². The number of nitrogens with one attached hydrogen (secondary N) is 1. The van der Waals surface area contributed by atoms with Crippen LogP contribution in [0.25, 0.3) is 11.4 Å². The molecule has 0 unspecified atom stereocenters. The van der Waals surface area contributed by atoms with Crippen LogP contribution >= 0.6 is 0 Å². The van der Waals surface area contributed by atoms with Crippen LogP contribution in [-0.2, 0) is 0 Å². The van der Waals surface area contributed by atoms with Crippen molar-refractivity contribution in [2.24, 2.45) is 0 Å². The van der Waals surface area contributed by atoms with Crippen molar-refractivity contribution >= 4 is 6.29 Å². The fourth-order valence-electron chi connectivity index (χ4n) is 3.03. The van der Waals surface area contributed by atoms with Crippen LogP contribution in [0.15, 0.2) is 53.1 Å². The lowest BCUT2D eigenvalue weighted by Gasteiger charge is -2.06. The molecule has 0 spiro atoms. The fraction of sp³-hybridized carbons (Fsp3) is 0.318. The van der Waals surface area contributed by atoms with E-state index in [0.717, 1.165) is 37.4 Å². The Kier molecular flexibility index (Phi) is 7.03. The predicted octanol–water partition coefficient (Wildman–Crippen LogP) is 4.54. The van der Waals surface area contributed by atoms with E-state index < -0.39 is 0 Å². The van der Waals surface area contributed by atoms with Gasteiger partial charge in [0.2, 0.25) is 11.7 Å². The maximum atomic E-state index is 12.1. The number of aldehydes is 1. The third kappa shape index (κ3) is 5.57. The molecule has 1 aromatic heterocycles. The second-order valence-corrected chi connectivity index (χ2v) is 6.87. The zero-order valence-electron chi connectivity index (χ0n) is 15.9. The number of carbonyl (C=O) groups excluding carboxylic acids is 1. The van der Waals surface area contributed by atoms with Gasteiger partial charge in [0, 0.05) is 17.0 Å². The normalized spacial score (nSPS) is 16.6. The summed E-state index contributed by atoms with van der Waals surface area (Å²) in [6.45, 7) is 4.20. The molecule has 5 nitrogen and oxygen atoms in total. The Morgan fingerprint density at radius 1 is 1.07 bits per heavy atom. The van der Waals surface area contributed by atoms with Crippen LogP contribution in [0.4, 0.5) is 4.39 Å². The summed E-state index contributed by atoms with van der Waals surface area (Å²) in [4.78, 5) is 14.6. The van der Waals surface area contributed by atoms with Crippen molar-refractivity contribution in [3.8, 4) is 11.4 Å². The van der Waals surface area contributed by atoms with Gasteiger partial charge in [-0.05, 0) is 63.5 Å². The average molecular weight is 381 g/mol. The molecule has 3 aromatic rings. The van der Waals surface area contributed by atoms with Gasteiger partial charge in [-0.25, -0.2) is 4.39 Å². The monoisotopic (exact) mass is 381 g/mol. The molecule has 0 amide bonds. The van der Waals surface area contributed by atoms with Crippen molar-refractivity contribution in [3.05, 3.63) is 71.4 Å². The van der Waals surface area contributed by atoms with E-state index in [1.807, 2.05) is 12.1 Å². The van der Waals surface area contributed by atoms with E-state index in [-0.39, 0.29) is 5.82 Å². The lowest BCUT2D eigenvalue weighted by atomic mass is 10.0. The minimum atomic E-state index is -0.319. The van der Waals surface area contributed by atoms with Crippen molar-refractivity contribution in [3.63, 3.8) is 0 Å². The van der Waals surface area contributed by atoms with Gasteiger partial charge in [-0.3, -0.25) is 4.79 Å². The lowest BCUT2D eigenvalue weighted by molar-refractivity contribution is 0.112. The smallest absolute Gasteiger partial charge is 0.230 e. The quantitative estimate of drug-likeness (QED) is 0.675. The molecule has 6 heteroatoms. The molecule has 1 saturated heterocycles. The Morgan fingerprint density at radius 3 is 2.54 bits per heavy atom. The second kappa shape index (κ2) is 9.90. The fourth-order valence-corrected chi connectivity index (χ4v) is 3.03. The molecule has 4 rings (SSSR count). The minimum Gasteiger partial charge on any atom is -0.339 e. The van der Waals surface area contributed by atoms with Crippen LogP contribution in [0.1, 0.15) is 47.0 Å². The SMILES string of the molecule is Cc1ccc(-c2noc([C@H]3CCCNCC3)n2)cc1.O=Cc1ccc(F)cc1. The van der Waals surface area contributed by atoms with Crippen LogP contribution in [0.5, 0.6) is 0 Å². The second-order valence-electron chi connectivity index (χ2n) is 6.87. The number of hydrogen-bond donors (Lipinski definition) is 1. The Bertz CT molecular complexity index is 868. The maximum absolute atomic E-state index is 12.1. The molecule has 1 fully saturated rings. The summed E-state index contributed by atoms with van der Waals surface area (Å²) >= 11 is 0. The molecule has 146 valence electrons. The van der Waals surface area contributed by atoms with Crippen molar-refractivity contribution in [1.29, 1.82) is 0 Å². The largest absolute Gasteiger partial charge is 0.339 e. The zero-order valence-corrected chi connectivity index (χ0v) is 15.9. The van der Waals surface area contributed by atoms with Crippen LogP contribution in [0.3, 0.4) is 0 Å². The van der Waals surface area contributed by atoms with E-state index >= 15 is 0 Å². The molecule has 1 aliphatic heterocycles. The molecular formula is C22H24FN3O2. The molecule has 2 aromatic carbocycles. The summed E-state index contributed by atoms with van der Waals surface area (Å²) < 4.78 is 17.6. The topological polar surface area (TPSA) is 68.0 Å². The standard InChI is InChI=1S/C15H19N3O.C7H5FO/c1-11-4-6-12(7-5-11)14-17-15(19-18-14)13-3-2-9-16-10-8-13;8-7-3-1-6(5-9)2-4-7/h4-7,13,16H,2-3,8-10H2,1H3;1-5H/t13-;/m0./s1. The van der Waals surface area contributed by atoms with Crippen LogP contribution in [0, 0.1) is 12.7 Å². The highest BCUT2D eigenvalue weighted by molar-refractivity contribution is 5.74. The highest BCUT2D eigenvalue weighted by Crippen LogP contribution is 2.26. The van der Waals surface area contributed by atoms with Gasteiger partial charge in [-0.1, -0.05) is 35.0 Å². The highest BCUT2D eigenvalue weighted by atomic mass is 19.1. The van der Waals surface area contributed by atoms with Crippen molar-refractivity contribution in [1.82, 2.24) is 15.5 Å². The first-order chi connectivity index (χ1) is 13.7. The molecule has 0 aliphatic carbocycles. The third-order valence-electron chi connectivity index (χ3n) is 4.68. The van der Waals surface area contributed by atoms with Crippen LogP contribution < -0.4 is 5.32 Å². The summed E-state index contributed by atoms with van der Waals surface area (Å²) in [5.41, 5.74) is 2.76. The molecule has 1 atom stereocenters. The van der Waals surface area contributed by atoms with Crippen molar-refractivity contribution in [2.45, 2.75) is 32.1 Å². The number of nitrogens with zero attached hydrogens (tertiary/aromatic N) is 2. The van der Waals surface area contributed by atoms with Gasteiger partial charge in [0.05, 0.1) is 0 Å². The van der Waals surface area contributed by atoms with E-state index in [0.29, 0.717) is 23.6 Å². The van der Waals surface area contributed by atoms with E-state index in [2.05, 4.69) is 34.5 Å². The van der Waals surface area contributed by atoms with E-state index in [1.165, 1.54) is 36.2 Å². The third-order valence-corrected chi connectivity index (χ3v) is 4.68. The highest BCUT2D eigenvalue weighted by Gasteiger charge is 2.20. The maximum Gasteiger partial charge on any atom is 0.230 e. The van der Waals surface area contributed by atoms with Crippen LogP contribution in [-0.4, -0.2) is 29.5 Å². The number of benzene rings is 2. The molecule has 0 radical (unpaired) electrons. The molecule has 2 heterocycles. The number of aryl methyl sites for hydroxylation is 1. The van der Waals surface area contributed by atoms with E-state index in [1.54, 1.807) is 0 Å². The zero-order chi connectivity index (χ0) is 19.8. The minimum absolute atomic E-state index is 0.319. The van der Waals surface area contributed by atoms with E-state index in [4.69, 9.17) is 4.52 Å². The summed E-state index contributed by atoms with van der Waals surface area (Å²) in [5, 5.41) is 7.52. The van der Waals surface area contributed by atoms with Gasteiger partial charge in [0.1, 0.15) is 12.1 Å². The summed E-state index contributed by atoms with van der Waals surface area (Å²) in [6, 6.07) is 13.6. The first-order valence-electron chi connectivity index (χ1n) is 9.48. The molecular weight excluding hydrogens is 357 g/mol. The Morgan fingerprint density at radius 2 is 1.82 bits per heavy atom. The van der Waals surface area contributed by atoms with Gasteiger partial charge >= 0.3 is 0 Å². The average Bonchev–Trinajstić information content (AvgIpc) is 3.05. The van der Waals surface area contributed by atoms with Gasteiger partial charge < -0.3 is 9.84 Å². The Labute approximate surface area is 164 Å². The van der Waals surface area contributed by atoms with E-state index in [9.17, 15) is 9.18 Å². The molecule has 0 bridgehead atoms. The van der Waals surface area contributed by atoms with Crippen molar-refractivity contribution < 1.29 is 13.7 Å². The number of halogens is 1. The Balaban J connectivity index is 0.000000211. The van der Waals surface area contributed by atoms with Gasteiger partial charge in [-0.15, -0.1) is 0 Å². The number of rotatable bonds is 3.